The molecular weight excluding hydrogens is 683 g/mol. The molecular formula is C53H45NS. The lowest BCUT2D eigenvalue weighted by Crippen LogP contribution is -2.31. The third-order valence-corrected chi connectivity index (χ3v) is 14.0. The van der Waals surface area contributed by atoms with Crippen LogP contribution in [-0.4, -0.2) is 5.71 Å². The average Bonchev–Trinajstić information content (AvgIpc) is 3.64. The summed E-state index contributed by atoms with van der Waals surface area (Å²) in [5.74, 6) is 1.61. The summed E-state index contributed by atoms with van der Waals surface area (Å²) in [4.78, 5) is 5.80. The maximum absolute atomic E-state index is 5.80. The minimum Gasteiger partial charge on any atom is -0.280 e. The van der Waals surface area contributed by atoms with Gasteiger partial charge in [0.05, 0.1) is 6.04 Å². The second kappa shape index (κ2) is 13.9. The Morgan fingerprint density at radius 2 is 1.07 bits per heavy atom. The molecule has 5 unspecified atom stereocenters. The molecule has 5 atom stereocenters. The zero-order valence-corrected chi connectivity index (χ0v) is 32.6. The topological polar surface area (TPSA) is 12.4 Å². The van der Waals surface area contributed by atoms with E-state index >= 15 is 0 Å². The van der Waals surface area contributed by atoms with Crippen LogP contribution in [0.5, 0.6) is 0 Å². The minimum absolute atomic E-state index is 0.109. The van der Waals surface area contributed by atoms with Gasteiger partial charge in [-0.25, -0.2) is 0 Å². The standard InChI is InChI=1S/C53H45NS/c1-4-35-32-46(36-16-7-5-8-17-36)33(2)34(3)52(54-53(35)37-18-9-6-10-19-37)41-23-12-21-39(31-41)38-20-11-22-40(30-38)42-24-13-25-43-44-26-14-28-47-50(44)51-45(49(42)43)27-15-29-48(51)55-47/h5-31,33-35,46,53H,4,32H2,1-3H3. The summed E-state index contributed by atoms with van der Waals surface area (Å²) >= 11 is 1.91. The molecule has 0 radical (unpaired) electrons. The number of rotatable bonds is 6. The van der Waals surface area contributed by atoms with Crippen LogP contribution >= 0.6 is 11.3 Å². The van der Waals surface area contributed by atoms with E-state index in [9.17, 15) is 0 Å². The zero-order valence-electron chi connectivity index (χ0n) is 31.7. The Morgan fingerprint density at radius 3 is 1.76 bits per heavy atom. The van der Waals surface area contributed by atoms with E-state index in [0.717, 1.165) is 12.8 Å². The van der Waals surface area contributed by atoms with Crippen molar-refractivity contribution >= 4 is 58.8 Å². The third-order valence-electron chi connectivity index (χ3n) is 12.8. The lowest BCUT2D eigenvalue weighted by Gasteiger charge is -2.38. The second-order valence-corrected chi connectivity index (χ2v) is 16.9. The largest absolute Gasteiger partial charge is 0.280 e. The van der Waals surface area contributed by atoms with Gasteiger partial charge in [0, 0.05) is 31.8 Å². The highest BCUT2D eigenvalue weighted by molar-refractivity contribution is 7.26. The van der Waals surface area contributed by atoms with Crippen molar-refractivity contribution in [3.05, 3.63) is 180 Å². The number of aliphatic imine (C=N–C) groups is 1. The van der Waals surface area contributed by atoms with Crippen LogP contribution in [0.15, 0.2) is 169 Å². The van der Waals surface area contributed by atoms with Gasteiger partial charge in [0.2, 0.25) is 0 Å². The minimum atomic E-state index is 0.109. The highest BCUT2D eigenvalue weighted by atomic mass is 32.1. The molecule has 0 bridgehead atoms. The van der Waals surface area contributed by atoms with Crippen molar-refractivity contribution in [2.24, 2.45) is 22.7 Å². The van der Waals surface area contributed by atoms with Gasteiger partial charge >= 0.3 is 0 Å². The molecule has 0 amide bonds. The zero-order chi connectivity index (χ0) is 37.0. The molecule has 0 aliphatic carbocycles. The Kier molecular flexibility index (Phi) is 8.60. The first-order valence-corrected chi connectivity index (χ1v) is 20.9. The predicted octanol–water partition coefficient (Wildman–Crippen LogP) is 15.1. The fourth-order valence-corrected chi connectivity index (χ4v) is 11.0. The van der Waals surface area contributed by atoms with Crippen molar-refractivity contribution in [3.63, 3.8) is 0 Å². The molecule has 0 spiro atoms. The molecule has 268 valence electrons. The van der Waals surface area contributed by atoms with Gasteiger partial charge in [0.15, 0.2) is 0 Å². The maximum Gasteiger partial charge on any atom is 0.0780 e. The van der Waals surface area contributed by atoms with Crippen molar-refractivity contribution in [2.45, 2.75) is 45.6 Å². The van der Waals surface area contributed by atoms with Crippen molar-refractivity contribution in [3.8, 4) is 22.3 Å². The highest BCUT2D eigenvalue weighted by Crippen LogP contribution is 2.48. The number of thiophene rings is 1. The number of fused-ring (bicyclic) bond motifs is 3. The Hall–Kier alpha value is -5.57. The van der Waals surface area contributed by atoms with Gasteiger partial charge in [-0.05, 0) is 109 Å². The molecule has 1 aliphatic rings. The van der Waals surface area contributed by atoms with Crippen LogP contribution in [0, 0.1) is 17.8 Å². The molecule has 0 N–H and O–H groups in total. The Labute approximate surface area is 328 Å². The van der Waals surface area contributed by atoms with Gasteiger partial charge in [-0.3, -0.25) is 4.99 Å². The van der Waals surface area contributed by atoms with E-state index in [0.29, 0.717) is 17.8 Å². The quantitative estimate of drug-likeness (QED) is 0.151. The van der Waals surface area contributed by atoms with Gasteiger partial charge in [-0.15, -0.1) is 11.3 Å². The summed E-state index contributed by atoms with van der Waals surface area (Å²) in [7, 11) is 0. The lowest BCUT2D eigenvalue weighted by atomic mass is 9.69. The molecule has 9 aromatic rings. The molecule has 0 saturated heterocycles. The number of nitrogens with zero attached hydrogens (tertiary/aromatic N) is 1. The smallest absolute Gasteiger partial charge is 0.0780 e. The number of hydrogen-bond donors (Lipinski definition) is 0. The first-order valence-electron chi connectivity index (χ1n) is 20.0. The fourth-order valence-electron chi connectivity index (χ4n) is 9.84. The molecule has 55 heavy (non-hydrogen) atoms. The number of hydrogen-bond acceptors (Lipinski definition) is 2. The second-order valence-electron chi connectivity index (χ2n) is 15.8. The van der Waals surface area contributed by atoms with Crippen LogP contribution < -0.4 is 0 Å². The highest BCUT2D eigenvalue weighted by Gasteiger charge is 2.36. The lowest BCUT2D eigenvalue weighted by molar-refractivity contribution is 0.277. The molecule has 1 aromatic heterocycles. The predicted molar refractivity (Wildman–Crippen MR) is 238 cm³/mol. The molecule has 0 fully saturated rings. The molecule has 10 rings (SSSR count). The molecule has 2 heterocycles. The van der Waals surface area contributed by atoms with E-state index in [1.54, 1.807) is 0 Å². The SMILES string of the molecule is CCC1CC(c2ccccc2)C(C)C(C)C(c2cccc(-c3cccc(-c4cccc5c6cccc7sc8cccc(c45)c8c76)c3)c2)=NC1c1ccccc1. The van der Waals surface area contributed by atoms with Crippen molar-refractivity contribution in [1.82, 2.24) is 0 Å². The van der Waals surface area contributed by atoms with Crippen LogP contribution in [-0.2, 0) is 0 Å². The Balaban J connectivity index is 1.10. The van der Waals surface area contributed by atoms with E-state index < -0.39 is 0 Å². The summed E-state index contributed by atoms with van der Waals surface area (Å²) in [6, 6.07) is 61.3. The molecule has 1 nitrogen and oxygen atoms in total. The van der Waals surface area contributed by atoms with E-state index in [2.05, 4.69) is 185 Å². The Morgan fingerprint density at radius 1 is 0.527 bits per heavy atom. The van der Waals surface area contributed by atoms with Crippen molar-refractivity contribution in [1.29, 1.82) is 0 Å². The van der Waals surface area contributed by atoms with Crippen molar-refractivity contribution in [2.75, 3.05) is 0 Å². The third kappa shape index (κ3) is 5.78. The van der Waals surface area contributed by atoms with Crippen LogP contribution in [0.1, 0.15) is 62.3 Å². The van der Waals surface area contributed by atoms with Crippen LogP contribution in [0.4, 0.5) is 0 Å². The summed E-state index contributed by atoms with van der Waals surface area (Å²) < 4.78 is 2.73. The fraction of sp³-hybridized carbons (Fsp3) is 0.189. The van der Waals surface area contributed by atoms with E-state index in [1.807, 2.05) is 11.3 Å². The monoisotopic (exact) mass is 727 g/mol. The van der Waals surface area contributed by atoms with Gasteiger partial charge < -0.3 is 0 Å². The van der Waals surface area contributed by atoms with Gasteiger partial charge in [0.25, 0.3) is 0 Å². The molecule has 8 aromatic carbocycles. The summed E-state index contributed by atoms with van der Waals surface area (Å²) in [5, 5.41) is 8.17. The van der Waals surface area contributed by atoms with Gasteiger partial charge in [0.1, 0.15) is 0 Å². The van der Waals surface area contributed by atoms with Gasteiger partial charge in [-0.1, -0.05) is 167 Å². The average molecular weight is 728 g/mol. The first kappa shape index (κ1) is 34.0. The summed E-state index contributed by atoms with van der Waals surface area (Å²) in [5.41, 5.74) is 10.2. The van der Waals surface area contributed by atoms with Gasteiger partial charge in [-0.2, -0.15) is 0 Å². The summed E-state index contributed by atoms with van der Waals surface area (Å²) in [6.45, 7) is 7.23. The van der Waals surface area contributed by atoms with E-state index in [1.165, 1.54) is 86.4 Å². The van der Waals surface area contributed by atoms with E-state index in [4.69, 9.17) is 4.99 Å². The van der Waals surface area contributed by atoms with E-state index in [-0.39, 0.29) is 12.0 Å². The Bertz CT molecular complexity index is 2830. The maximum atomic E-state index is 5.80. The van der Waals surface area contributed by atoms with Crippen LogP contribution in [0.2, 0.25) is 0 Å². The molecule has 2 heteroatoms. The van der Waals surface area contributed by atoms with Crippen LogP contribution in [0.25, 0.3) is 64.0 Å². The summed E-state index contributed by atoms with van der Waals surface area (Å²) in [6.07, 6.45) is 2.23. The van der Waals surface area contributed by atoms with Crippen molar-refractivity contribution < 1.29 is 0 Å². The number of benzene rings is 8. The molecule has 0 saturated carbocycles. The van der Waals surface area contributed by atoms with Crippen LogP contribution in [0.3, 0.4) is 0 Å². The first-order chi connectivity index (χ1) is 27.1. The normalized spacial score (nSPS) is 20.6. The molecule has 1 aliphatic heterocycles.